The molecular formula is C30H39N7O2. The Morgan fingerprint density at radius 1 is 1.10 bits per heavy atom. The predicted molar refractivity (Wildman–Crippen MR) is 151 cm³/mol. The van der Waals surface area contributed by atoms with Gasteiger partial charge in [0.1, 0.15) is 11.3 Å². The number of aromatic nitrogens is 4. The quantitative estimate of drug-likeness (QED) is 0.212. The Hall–Kier alpha value is -3.49. The van der Waals surface area contributed by atoms with Crippen molar-refractivity contribution >= 4 is 28.9 Å². The molecule has 3 fully saturated rings. The van der Waals surface area contributed by atoms with E-state index in [0.717, 1.165) is 36.6 Å². The van der Waals surface area contributed by atoms with E-state index in [-0.39, 0.29) is 23.1 Å². The molecule has 1 atom stereocenters. The molecule has 0 unspecified atom stereocenters. The molecular weight excluding hydrogens is 490 g/mol. The summed E-state index contributed by atoms with van der Waals surface area (Å²) in [6.45, 7) is 5.41. The van der Waals surface area contributed by atoms with Gasteiger partial charge < -0.3 is 15.0 Å². The van der Waals surface area contributed by atoms with Crippen LogP contribution in [-0.4, -0.2) is 42.6 Å². The van der Waals surface area contributed by atoms with Crippen LogP contribution in [0.1, 0.15) is 88.8 Å². The van der Waals surface area contributed by atoms with Crippen molar-refractivity contribution in [1.82, 2.24) is 24.8 Å². The van der Waals surface area contributed by atoms with E-state index in [1.165, 1.54) is 50.5 Å². The van der Waals surface area contributed by atoms with E-state index in [2.05, 4.69) is 64.4 Å². The maximum absolute atomic E-state index is 11.3. The summed E-state index contributed by atoms with van der Waals surface area (Å²) in [5.74, 6) is 3.28. The minimum absolute atomic E-state index is 0.0421. The predicted octanol–water partition coefficient (Wildman–Crippen LogP) is 5.93. The Kier molecular flexibility index (Phi) is 6.77. The van der Waals surface area contributed by atoms with Crippen LogP contribution in [0.25, 0.3) is 11.2 Å². The summed E-state index contributed by atoms with van der Waals surface area (Å²) >= 11 is 0. The molecule has 39 heavy (non-hydrogen) atoms. The standard InChI is InChI=1S/C30H39N7O2/c1-18-11-13-20(14-12-18)17-37-23-25(32-19(2)21-7-6-8-21)34-27(24(31)33-29(38)39)35-26(23)36-28(37)30(15-16-30)22-9-4-3-5-10-22/h3-5,9-10,18-21H,6-8,11-17H2,1-2H3,(H2,31,33)(H,38,39)(H,32,34,35)/t18?,19-,20?/m1/s1. The highest BCUT2D eigenvalue weighted by atomic mass is 16.4. The lowest BCUT2D eigenvalue weighted by Gasteiger charge is -2.32. The summed E-state index contributed by atoms with van der Waals surface area (Å²) in [6.07, 6.45) is 9.27. The van der Waals surface area contributed by atoms with Gasteiger partial charge in [-0.05, 0) is 68.8 Å². The second kappa shape index (κ2) is 10.2. The third-order valence-corrected chi connectivity index (χ3v) is 9.36. The van der Waals surface area contributed by atoms with Crippen molar-refractivity contribution < 1.29 is 9.90 Å². The molecule has 0 radical (unpaired) electrons. The molecule has 0 saturated heterocycles. The average Bonchev–Trinajstić information content (AvgIpc) is 3.60. The molecule has 9 heteroatoms. The zero-order valence-electron chi connectivity index (χ0n) is 22.9. The van der Waals surface area contributed by atoms with Crippen molar-refractivity contribution in [3.63, 3.8) is 0 Å². The van der Waals surface area contributed by atoms with Gasteiger partial charge in [-0.2, -0.15) is 0 Å². The molecule has 6 rings (SSSR count). The Balaban J connectivity index is 1.50. The highest BCUT2D eigenvalue weighted by Gasteiger charge is 2.50. The summed E-state index contributed by atoms with van der Waals surface area (Å²) in [7, 11) is 0. The number of nitrogens with one attached hydrogen (secondary N) is 3. The van der Waals surface area contributed by atoms with Gasteiger partial charge >= 0.3 is 6.09 Å². The number of benzene rings is 1. The lowest BCUT2D eigenvalue weighted by Crippen LogP contribution is -2.33. The highest BCUT2D eigenvalue weighted by molar-refractivity contribution is 6.03. The number of nitrogens with zero attached hydrogens (tertiary/aromatic N) is 4. The normalized spacial score (nSPS) is 23.1. The van der Waals surface area contributed by atoms with Crippen LogP contribution in [0.4, 0.5) is 10.6 Å². The Morgan fingerprint density at radius 3 is 2.44 bits per heavy atom. The molecule has 3 aliphatic carbocycles. The summed E-state index contributed by atoms with van der Waals surface area (Å²) < 4.78 is 2.38. The average molecular weight is 530 g/mol. The van der Waals surface area contributed by atoms with Crippen LogP contribution in [0.15, 0.2) is 30.3 Å². The summed E-state index contributed by atoms with van der Waals surface area (Å²) in [5, 5.41) is 23.3. The van der Waals surface area contributed by atoms with E-state index in [9.17, 15) is 9.90 Å². The highest BCUT2D eigenvalue weighted by Crippen LogP contribution is 2.54. The molecule has 3 aliphatic rings. The van der Waals surface area contributed by atoms with E-state index >= 15 is 0 Å². The molecule has 0 spiro atoms. The molecule has 206 valence electrons. The van der Waals surface area contributed by atoms with Gasteiger partial charge in [-0.25, -0.2) is 19.7 Å². The van der Waals surface area contributed by atoms with Crippen LogP contribution in [0.3, 0.4) is 0 Å². The number of fused-ring (bicyclic) bond motifs is 1. The van der Waals surface area contributed by atoms with Gasteiger partial charge in [0.25, 0.3) is 0 Å². The lowest BCUT2D eigenvalue weighted by atomic mass is 9.80. The summed E-state index contributed by atoms with van der Waals surface area (Å²) in [6, 6.07) is 10.8. The second-order valence-electron chi connectivity index (χ2n) is 12.1. The first-order chi connectivity index (χ1) is 18.8. The number of imidazole rings is 1. The minimum Gasteiger partial charge on any atom is -0.465 e. The first-order valence-electron chi connectivity index (χ1n) is 14.5. The molecule has 2 aromatic heterocycles. The van der Waals surface area contributed by atoms with Crippen molar-refractivity contribution in [1.29, 1.82) is 5.41 Å². The molecule has 3 saturated carbocycles. The topological polar surface area (TPSA) is 129 Å². The van der Waals surface area contributed by atoms with Crippen LogP contribution in [0.2, 0.25) is 0 Å². The maximum atomic E-state index is 11.3. The number of hydrogen-bond donors (Lipinski definition) is 4. The first-order valence-corrected chi connectivity index (χ1v) is 14.5. The number of rotatable bonds is 8. The fraction of sp³-hybridized carbons (Fsp3) is 0.567. The second-order valence-corrected chi connectivity index (χ2v) is 12.1. The number of amides is 1. The molecule has 0 aliphatic heterocycles. The van der Waals surface area contributed by atoms with E-state index in [0.29, 0.717) is 23.3 Å². The van der Waals surface area contributed by atoms with Crippen molar-refractivity contribution in [3.05, 3.63) is 47.5 Å². The Labute approximate surface area is 229 Å². The summed E-state index contributed by atoms with van der Waals surface area (Å²) in [5.41, 5.74) is 2.52. The van der Waals surface area contributed by atoms with E-state index in [1.807, 2.05) is 0 Å². The molecule has 4 N–H and O–H groups in total. The smallest absolute Gasteiger partial charge is 0.410 e. The number of amidine groups is 1. The first kappa shape index (κ1) is 25.8. The summed E-state index contributed by atoms with van der Waals surface area (Å²) in [4.78, 5) is 25.9. The Morgan fingerprint density at radius 2 is 1.82 bits per heavy atom. The molecule has 1 amide bonds. The van der Waals surface area contributed by atoms with E-state index in [1.54, 1.807) is 0 Å². The van der Waals surface area contributed by atoms with Crippen LogP contribution >= 0.6 is 0 Å². The molecule has 0 bridgehead atoms. The van der Waals surface area contributed by atoms with Gasteiger partial charge in [0.05, 0.1) is 5.41 Å². The van der Waals surface area contributed by atoms with Gasteiger partial charge in [0.15, 0.2) is 23.1 Å². The molecule has 3 aromatic rings. The van der Waals surface area contributed by atoms with Crippen LogP contribution in [0.5, 0.6) is 0 Å². The van der Waals surface area contributed by atoms with E-state index < -0.39 is 6.09 Å². The number of anilines is 1. The zero-order valence-corrected chi connectivity index (χ0v) is 22.9. The fourth-order valence-corrected chi connectivity index (χ4v) is 6.52. The number of carbonyl (C=O) groups is 1. The third-order valence-electron chi connectivity index (χ3n) is 9.36. The van der Waals surface area contributed by atoms with Gasteiger partial charge in [-0.3, -0.25) is 10.7 Å². The largest absolute Gasteiger partial charge is 0.465 e. The van der Waals surface area contributed by atoms with Gasteiger partial charge in [0.2, 0.25) is 0 Å². The SMILES string of the molecule is CC1CCC(Cn2c(C3(c4ccccc4)CC3)nc3nc(C(=N)NC(=O)O)nc(N[C@H](C)C4CCC4)c32)CC1. The van der Waals surface area contributed by atoms with Gasteiger partial charge in [-0.1, -0.05) is 56.5 Å². The lowest BCUT2D eigenvalue weighted by molar-refractivity contribution is 0.200. The maximum Gasteiger partial charge on any atom is 0.410 e. The van der Waals surface area contributed by atoms with Crippen LogP contribution < -0.4 is 10.6 Å². The van der Waals surface area contributed by atoms with Crippen molar-refractivity contribution in [2.45, 2.75) is 89.6 Å². The van der Waals surface area contributed by atoms with Crippen LogP contribution in [0, 0.1) is 23.2 Å². The molecule has 9 nitrogen and oxygen atoms in total. The van der Waals surface area contributed by atoms with Crippen molar-refractivity contribution in [2.24, 2.45) is 17.8 Å². The van der Waals surface area contributed by atoms with Crippen molar-refractivity contribution in [2.75, 3.05) is 5.32 Å². The molecule has 1 aromatic carbocycles. The zero-order chi connectivity index (χ0) is 27.1. The number of carboxylic acid groups (broad SMARTS) is 1. The fourth-order valence-electron chi connectivity index (χ4n) is 6.52. The van der Waals surface area contributed by atoms with Crippen LogP contribution in [-0.2, 0) is 12.0 Å². The Bertz CT molecular complexity index is 1370. The van der Waals surface area contributed by atoms with Crippen molar-refractivity contribution in [3.8, 4) is 0 Å². The molecule has 2 heterocycles. The van der Waals surface area contributed by atoms with E-state index in [4.69, 9.17) is 15.4 Å². The third kappa shape index (κ3) is 4.99. The number of hydrogen-bond acceptors (Lipinski definition) is 6. The monoisotopic (exact) mass is 529 g/mol. The van der Waals surface area contributed by atoms with Gasteiger partial charge in [-0.15, -0.1) is 0 Å². The minimum atomic E-state index is -1.31. The van der Waals surface area contributed by atoms with Gasteiger partial charge in [0, 0.05) is 12.6 Å².